The number of nitrogens with one attached hydrogen (secondary N) is 1. The van der Waals surface area contributed by atoms with Crippen LogP contribution in [0.4, 0.5) is 0 Å². The Labute approximate surface area is 187 Å². The summed E-state index contributed by atoms with van der Waals surface area (Å²) >= 11 is 1.72. The second kappa shape index (κ2) is 9.98. The highest BCUT2D eigenvalue weighted by Crippen LogP contribution is 2.40. The minimum Gasteiger partial charge on any atom is -0.493 e. The number of carbonyl (C=O) groups is 1. The van der Waals surface area contributed by atoms with Crippen LogP contribution in [0.3, 0.4) is 0 Å². The summed E-state index contributed by atoms with van der Waals surface area (Å²) in [5.41, 5.74) is 3.57. The normalized spacial score (nSPS) is 15.9. The predicted molar refractivity (Wildman–Crippen MR) is 124 cm³/mol. The Bertz CT molecular complexity index is 1010. The molecule has 2 heterocycles. The Morgan fingerprint density at radius 3 is 2.58 bits per heavy atom. The molecular weight excluding hydrogens is 408 g/mol. The number of thiophene rings is 1. The standard InChI is InChI=1S/C25H28N2O3S/c1-29-22-15-19-11-13-27(17-24(28)26-12-10-20-9-6-14-31-20)25(18-7-4-3-5-8-18)21(19)16-23(22)30-2/h3-9,14-16,25H,10-13,17H2,1-2H3,(H,26,28)/t25-/m1/s1. The molecule has 1 N–H and O–H groups in total. The molecule has 1 aliphatic heterocycles. The Morgan fingerprint density at radius 1 is 1.10 bits per heavy atom. The minimum atomic E-state index is -0.00666. The topological polar surface area (TPSA) is 50.8 Å². The summed E-state index contributed by atoms with van der Waals surface area (Å²) < 4.78 is 11.1. The number of ether oxygens (including phenoxy) is 2. The molecule has 0 unspecified atom stereocenters. The first-order valence-electron chi connectivity index (χ1n) is 10.5. The fraction of sp³-hybridized carbons (Fsp3) is 0.320. The van der Waals surface area contributed by atoms with E-state index in [1.165, 1.54) is 21.6 Å². The van der Waals surface area contributed by atoms with E-state index < -0.39 is 0 Å². The maximum absolute atomic E-state index is 12.8. The Morgan fingerprint density at radius 2 is 1.87 bits per heavy atom. The van der Waals surface area contributed by atoms with Crippen LogP contribution in [-0.2, 0) is 17.6 Å². The van der Waals surface area contributed by atoms with Gasteiger partial charge in [0.25, 0.3) is 0 Å². The number of nitrogens with zero attached hydrogens (tertiary/aromatic N) is 1. The van der Waals surface area contributed by atoms with Gasteiger partial charge in [-0.15, -0.1) is 11.3 Å². The molecule has 1 aliphatic rings. The van der Waals surface area contributed by atoms with Crippen molar-refractivity contribution in [3.8, 4) is 11.5 Å². The summed E-state index contributed by atoms with van der Waals surface area (Å²) in [5, 5.41) is 5.15. The van der Waals surface area contributed by atoms with Gasteiger partial charge in [0.2, 0.25) is 5.91 Å². The molecule has 0 fully saturated rings. The Hall–Kier alpha value is -2.83. The van der Waals surface area contributed by atoms with E-state index in [4.69, 9.17) is 9.47 Å². The number of hydrogen-bond donors (Lipinski definition) is 1. The minimum absolute atomic E-state index is 0.00666. The van der Waals surface area contributed by atoms with Gasteiger partial charge in [-0.05, 0) is 53.1 Å². The van der Waals surface area contributed by atoms with Gasteiger partial charge in [0.05, 0.1) is 26.8 Å². The molecule has 1 aromatic heterocycles. The summed E-state index contributed by atoms with van der Waals surface area (Å²) in [6, 6.07) is 18.6. The average Bonchev–Trinajstić information content (AvgIpc) is 3.32. The molecule has 4 rings (SSSR count). The van der Waals surface area contributed by atoms with Crippen molar-refractivity contribution in [2.24, 2.45) is 0 Å². The van der Waals surface area contributed by atoms with E-state index in [1.54, 1.807) is 25.6 Å². The lowest BCUT2D eigenvalue weighted by molar-refractivity contribution is -0.122. The smallest absolute Gasteiger partial charge is 0.234 e. The molecule has 0 spiro atoms. The fourth-order valence-corrected chi connectivity index (χ4v) is 4.92. The van der Waals surface area contributed by atoms with Gasteiger partial charge in [0.15, 0.2) is 11.5 Å². The third-order valence-corrected chi connectivity index (χ3v) is 6.65. The highest BCUT2D eigenvalue weighted by Gasteiger charge is 2.31. The number of hydrogen-bond acceptors (Lipinski definition) is 5. The first-order chi connectivity index (χ1) is 15.2. The third-order valence-electron chi connectivity index (χ3n) is 5.71. The molecule has 0 saturated heterocycles. The van der Waals surface area contributed by atoms with Gasteiger partial charge in [0.1, 0.15) is 0 Å². The number of methoxy groups -OCH3 is 2. The van der Waals surface area contributed by atoms with Crippen LogP contribution in [0.15, 0.2) is 60.0 Å². The monoisotopic (exact) mass is 436 g/mol. The molecule has 2 aromatic carbocycles. The van der Waals surface area contributed by atoms with Gasteiger partial charge in [0, 0.05) is 18.0 Å². The first-order valence-corrected chi connectivity index (χ1v) is 11.4. The van der Waals surface area contributed by atoms with E-state index in [0.29, 0.717) is 18.8 Å². The van der Waals surface area contributed by atoms with E-state index in [1.807, 2.05) is 24.3 Å². The summed E-state index contributed by atoms with van der Waals surface area (Å²) in [4.78, 5) is 16.3. The maximum Gasteiger partial charge on any atom is 0.234 e. The molecule has 0 saturated carbocycles. The van der Waals surface area contributed by atoms with Crippen molar-refractivity contribution in [1.82, 2.24) is 10.2 Å². The first kappa shape index (κ1) is 21.4. The molecule has 0 bridgehead atoms. The number of benzene rings is 2. The van der Waals surface area contributed by atoms with E-state index >= 15 is 0 Å². The summed E-state index contributed by atoms with van der Waals surface area (Å²) in [7, 11) is 3.32. The van der Waals surface area contributed by atoms with Crippen molar-refractivity contribution in [3.05, 3.63) is 81.5 Å². The maximum atomic E-state index is 12.8. The molecule has 162 valence electrons. The van der Waals surface area contributed by atoms with Crippen LogP contribution < -0.4 is 14.8 Å². The SMILES string of the molecule is COc1cc2c(cc1OC)[C@@H](c1ccccc1)N(CC(=O)NCCc1cccs1)CC2. The average molecular weight is 437 g/mol. The van der Waals surface area contributed by atoms with Crippen LogP contribution in [0.1, 0.15) is 27.6 Å². The van der Waals surface area contributed by atoms with E-state index in [0.717, 1.165) is 25.1 Å². The van der Waals surface area contributed by atoms with Crippen LogP contribution in [0, 0.1) is 0 Å². The van der Waals surface area contributed by atoms with Crippen molar-refractivity contribution in [2.45, 2.75) is 18.9 Å². The predicted octanol–water partition coefficient (Wildman–Crippen LogP) is 4.07. The van der Waals surface area contributed by atoms with Crippen molar-refractivity contribution in [1.29, 1.82) is 0 Å². The fourth-order valence-electron chi connectivity index (χ4n) is 4.21. The molecule has 0 aliphatic carbocycles. The van der Waals surface area contributed by atoms with E-state index in [9.17, 15) is 4.79 Å². The number of rotatable bonds is 8. The van der Waals surface area contributed by atoms with Crippen molar-refractivity contribution >= 4 is 17.2 Å². The zero-order valence-electron chi connectivity index (χ0n) is 18.0. The van der Waals surface area contributed by atoms with Gasteiger partial charge in [-0.2, -0.15) is 0 Å². The molecule has 3 aromatic rings. The largest absolute Gasteiger partial charge is 0.493 e. The van der Waals surface area contributed by atoms with Crippen LogP contribution in [0.5, 0.6) is 11.5 Å². The number of fused-ring (bicyclic) bond motifs is 1. The Balaban J connectivity index is 1.55. The van der Waals surface area contributed by atoms with Crippen molar-refractivity contribution in [2.75, 3.05) is 33.9 Å². The second-order valence-corrected chi connectivity index (χ2v) is 8.65. The van der Waals surface area contributed by atoms with Crippen molar-refractivity contribution in [3.63, 3.8) is 0 Å². The highest BCUT2D eigenvalue weighted by atomic mass is 32.1. The molecule has 1 amide bonds. The van der Waals surface area contributed by atoms with Gasteiger partial charge in [-0.3, -0.25) is 9.69 Å². The quantitative estimate of drug-likeness (QED) is 0.578. The number of amides is 1. The van der Waals surface area contributed by atoms with Crippen LogP contribution in [-0.4, -0.2) is 44.7 Å². The third kappa shape index (κ3) is 4.92. The molecule has 6 heteroatoms. The lowest BCUT2D eigenvalue weighted by atomic mass is 9.87. The van der Waals surface area contributed by atoms with E-state index in [-0.39, 0.29) is 11.9 Å². The lowest BCUT2D eigenvalue weighted by Crippen LogP contribution is -2.43. The van der Waals surface area contributed by atoms with Gasteiger partial charge < -0.3 is 14.8 Å². The van der Waals surface area contributed by atoms with Gasteiger partial charge in [-0.25, -0.2) is 0 Å². The highest BCUT2D eigenvalue weighted by molar-refractivity contribution is 7.09. The summed E-state index contributed by atoms with van der Waals surface area (Å²) in [6.07, 6.45) is 1.73. The van der Waals surface area contributed by atoms with Crippen LogP contribution in [0.25, 0.3) is 0 Å². The lowest BCUT2D eigenvalue weighted by Gasteiger charge is -2.37. The van der Waals surface area contributed by atoms with Gasteiger partial charge >= 0.3 is 0 Å². The summed E-state index contributed by atoms with van der Waals surface area (Å²) in [5.74, 6) is 1.51. The summed E-state index contributed by atoms with van der Waals surface area (Å²) in [6.45, 7) is 1.82. The number of carbonyl (C=O) groups excluding carboxylic acids is 1. The zero-order chi connectivity index (χ0) is 21.6. The molecule has 31 heavy (non-hydrogen) atoms. The van der Waals surface area contributed by atoms with Crippen LogP contribution in [0.2, 0.25) is 0 Å². The molecule has 1 atom stereocenters. The van der Waals surface area contributed by atoms with E-state index in [2.05, 4.69) is 45.9 Å². The molecular formula is C25H28N2O3S. The molecule has 5 nitrogen and oxygen atoms in total. The Kier molecular flexibility index (Phi) is 6.89. The second-order valence-electron chi connectivity index (χ2n) is 7.62. The molecule has 0 radical (unpaired) electrons. The van der Waals surface area contributed by atoms with Crippen LogP contribution >= 0.6 is 11.3 Å². The van der Waals surface area contributed by atoms with Crippen molar-refractivity contribution < 1.29 is 14.3 Å². The zero-order valence-corrected chi connectivity index (χ0v) is 18.8. The van der Waals surface area contributed by atoms with Gasteiger partial charge in [-0.1, -0.05) is 36.4 Å².